The quantitative estimate of drug-likeness (QED) is 0.616. The lowest BCUT2D eigenvalue weighted by Crippen LogP contribution is -2.39. The van der Waals surface area contributed by atoms with Crippen LogP contribution in [0.5, 0.6) is 5.75 Å². The van der Waals surface area contributed by atoms with E-state index in [-0.39, 0.29) is 0 Å². The van der Waals surface area contributed by atoms with E-state index in [0.717, 1.165) is 43.6 Å². The average molecular weight is 330 g/mol. The molecule has 0 saturated carbocycles. The molecule has 130 valence electrons. The molecule has 1 heterocycles. The Bertz CT molecular complexity index is 649. The van der Waals surface area contributed by atoms with Crippen molar-refractivity contribution in [3.05, 3.63) is 42.0 Å². The molecule has 0 aliphatic heterocycles. The van der Waals surface area contributed by atoms with E-state index in [1.54, 1.807) is 20.5 Å². The van der Waals surface area contributed by atoms with Gasteiger partial charge in [-0.2, -0.15) is 0 Å². The number of aliphatic imine (C=N–C) groups is 1. The van der Waals surface area contributed by atoms with Gasteiger partial charge in [-0.1, -0.05) is 19.1 Å². The first kappa shape index (κ1) is 17.8. The molecule has 7 heteroatoms. The molecule has 0 aliphatic rings. The van der Waals surface area contributed by atoms with Gasteiger partial charge in [0.15, 0.2) is 5.96 Å². The summed E-state index contributed by atoms with van der Waals surface area (Å²) in [5.74, 6) is 2.72. The third-order valence-corrected chi connectivity index (χ3v) is 3.80. The van der Waals surface area contributed by atoms with E-state index >= 15 is 0 Å². The van der Waals surface area contributed by atoms with E-state index in [9.17, 15) is 0 Å². The van der Waals surface area contributed by atoms with E-state index in [1.807, 2.05) is 19.2 Å². The summed E-state index contributed by atoms with van der Waals surface area (Å²) in [6.07, 6.45) is 2.65. The Morgan fingerprint density at radius 2 is 2.08 bits per heavy atom. The van der Waals surface area contributed by atoms with Crippen LogP contribution in [0.3, 0.4) is 0 Å². The Labute approximate surface area is 143 Å². The first-order chi connectivity index (χ1) is 11.7. The summed E-state index contributed by atoms with van der Waals surface area (Å²) in [6, 6.07) is 8.07. The van der Waals surface area contributed by atoms with Gasteiger partial charge in [-0.15, -0.1) is 10.2 Å². The average Bonchev–Trinajstić information content (AvgIpc) is 3.06. The summed E-state index contributed by atoms with van der Waals surface area (Å²) < 4.78 is 7.25. The molecule has 2 aromatic rings. The van der Waals surface area contributed by atoms with Crippen molar-refractivity contribution >= 4 is 5.96 Å². The highest BCUT2D eigenvalue weighted by atomic mass is 16.5. The van der Waals surface area contributed by atoms with Gasteiger partial charge in [-0.25, -0.2) is 0 Å². The SMILES string of the molecule is CCc1nncn1CCNC(=NC)N(C)Cc1ccc(OC)cc1. The van der Waals surface area contributed by atoms with Gasteiger partial charge < -0.3 is 19.5 Å². The van der Waals surface area contributed by atoms with Gasteiger partial charge in [-0.05, 0) is 17.7 Å². The molecule has 0 aliphatic carbocycles. The lowest BCUT2D eigenvalue weighted by molar-refractivity contribution is 0.414. The van der Waals surface area contributed by atoms with Crippen LogP contribution in [0.4, 0.5) is 0 Å². The Balaban J connectivity index is 1.85. The second-order valence-corrected chi connectivity index (χ2v) is 5.47. The fraction of sp³-hybridized carbons (Fsp3) is 0.471. The van der Waals surface area contributed by atoms with Crippen molar-refractivity contribution in [2.75, 3.05) is 27.7 Å². The van der Waals surface area contributed by atoms with Gasteiger partial charge in [-0.3, -0.25) is 4.99 Å². The molecule has 0 atom stereocenters. The van der Waals surface area contributed by atoms with Crippen LogP contribution in [-0.2, 0) is 19.5 Å². The second-order valence-electron chi connectivity index (χ2n) is 5.47. The number of hydrogen-bond donors (Lipinski definition) is 1. The zero-order valence-corrected chi connectivity index (χ0v) is 14.9. The number of aryl methyl sites for hydroxylation is 1. The molecule has 2 rings (SSSR count). The number of hydrogen-bond acceptors (Lipinski definition) is 4. The summed E-state index contributed by atoms with van der Waals surface area (Å²) in [7, 11) is 5.49. The standard InChI is InChI=1S/C17H26N6O/c1-5-16-21-20-13-23(16)11-10-19-17(18-2)22(3)12-14-6-8-15(24-4)9-7-14/h6-9,13H,5,10-12H2,1-4H3,(H,18,19). The first-order valence-electron chi connectivity index (χ1n) is 8.09. The van der Waals surface area contributed by atoms with E-state index < -0.39 is 0 Å². The van der Waals surface area contributed by atoms with Crippen LogP contribution in [0.2, 0.25) is 0 Å². The molecule has 0 spiro atoms. The van der Waals surface area contributed by atoms with E-state index in [0.29, 0.717) is 0 Å². The molecule has 24 heavy (non-hydrogen) atoms. The summed E-state index contributed by atoms with van der Waals surface area (Å²) in [4.78, 5) is 6.44. The minimum absolute atomic E-state index is 0.769. The molecule has 1 N–H and O–H groups in total. The molecule has 0 fully saturated rings. The fourth-order valence-electron chi connectivity index (χ4n) is 2.49. The van der Waals surface area contributed by atoms with Crippen molar-refractivity contribution in [1.82, 2.24) is 25.0 Å². The highest BCUT2D eigenvalue weighted by Gasteiger charge is 2.07. The molecule has 0 saturated heterocycles. The normalized spacial score (nSPS) is 11.4. The van der Waals surface area contributed by atoms with Crippen LogP contribution >= 0.6 is 0 Å². The molecule has 0 amide bonds. The molecule has 1 aromatic carbocycles. The minimum atomic E-state index is 0.769. The van der Waals surface area contributed by atoms with Crippen molar-refractivity contribution in [1.29, 1.82) is 0 Å². The smallest absolute Gasteiger partial charge is 0.193 e. The Morgan fingerprint density at radius 1 is 1.33 bits per heavy atom. The number of nitrogens with one attached hydrogen (secondary N) is 1. The van der Waals surface area contributed by atoms with Gasteiger partial charge in [0.25, 0.3) is 0 Å². The maximum absolute atomic E-state index is 5.19. The topological polar surface area (TPSA) is 67.6 Å². The van der Waals surface area contributed by atoms with Crippen LogP contribution in [0.1, 0.15) is 18.3 Å². The van der Waals surface area contributed by atoms with Gasteiger partial charge in [0, 0.05) is 40.2 Å². The van der Waals surface area contributed by atoms with Gasteiger partial charge in [0.05, 0.1) is 7.11 Å². The Hall–Kier alpha value is -2.57. The highest BCUT2D eigenvalue weighted by Crippen LogP contribution is 2.12. The summed E-state index contributed by atoms with van der Waals surface area (Å²) in [5.41, 5.74) is 1.20. The summed E-state index contributed by atoms with van der Waals surface area (Å²) >= 11 is 0. The minimum Gasteiger partial charge on any atom is -0.497 e. The molecule has 0 bridgehead atoms. The fourth-order valence-corrected chi connectivity index (χ4v) is 2.49. The number of guanidine groups is 1. The van der Waals surface area contributed by atoms with Gasteiger partial charge >= 0.3 is 0 Å². The largest absolute Gasteiger partial charge is 0.497 e. The Kier molecular flexibility index (Phi) is 6.60. The van der Waals surface area contributed by atoms with Crippen LogP contribution < -0.4 is 10.1 Å². The predicted octanol–water partition coefficient (Wildman–Crippen LogP) is 1.56. The van der Waals surface area contributed by atoms with Crippen molar-refractivity contribution in [3.8, 4) is 5.75 Å². The monoisotopic (exact) mass is 330 g/mol. The number of benzene rings is 1. The van der Waals surface area contributed by atoms with Crippen LogP contribution in [-0.4, -0.2) is 53.4 Å². The molecule has 0 radical (unpaired) electrons. The third-order valence-electron chi connectivity index (χ3n) is 3.80. The third kappa shape index (κ3) is 4.71. The van der Waals surface area contributed by atoms with Crippen molar-refractivity contribution in [3.63, 3.8) is 0 Å². The van der Waals surface area contributed by atoms with Crippen LogP contribution in [0, 0.1) is 0 Å². The van der Waals surface area contributed by atoms with E-state index in [1.165, 1.54) is 5.56 Å². The molecule has 0 unspecified atom stereocenters. The van der Waals surface area contributed by atoms with Crippen molar-refractivity contribution in [2.45, 2.75) is 26.4 Å². The molecular formula is C17H26N6O. The van der Waals surface area contributed by atoms with E-state index in [4.69, 9.17) is 4.74 Å². The molecular weight excluding hydrogens is 304 g/mol. The van der Waals surface area contributed by atoms with E-state index in [2.05, 4.69) is 49.0 Å². The van der Waals surface area contributed by atoms with Crippen LogP contribution in [0.15, 0.2) is 35.6 Å². The van der Waals surface area contributed by atoms with Crippen molar-refractivity contribution in [2.24, 2.45) is 4.99 Å². The molecule has 7 nitrogen and oxygen atoms in total. The maximum atomic E-state index is 5.19. The number of methoxy groups -OCH3 is 1. The summed E-state index contributed by atoms with van der Waals surface area (Å²) in [5, 5.41) is 11.4. The Morgan fingerprint density at radius 3 is 2.71 bits per heavy atom. The van der Waals surface area contributed by atoms with Crippen LogP contribution in [0.25, 0.3) is 0 Å². The lowest BCUT2D eigenvalue weighted by Gasteiger charge is -2.22. The highest BCUT2D eigenvalue weighted by molar-refractivity contribution is 5.79. The van der Waals surface area contributed by atoms with Crippen molar-refractivity contribution < 1.29 is 4.74 Å². The summed E-state index contributed by atoms with van der Waals surface area (Å²) in [6.45, 7) is 4.43. The lowest BCUT2D eigenvalue weighted by atomic mass is 10.2. The number of aromatic nitrogens is 3. The predicted molar refractivity (Wildman–Crippen MR) is 95.2 cm³/mol. The number of rotatable bonds is 7. The zero-order chi connectivity index (χ0) is 17.4. The van der Waals surface area contributed by atoms with Gasteiger partial charge in [0.1, 0.15) is 17.9 Å². The van der Waals surface area contributed by atoms with Gasteiger partial charge in [0.2, 0.25) is 0 Å². The zero-order valence-electron chi connectivity index (χ0n) is 14.9. The number of ether oxygens (including phenoxy) is 1. The molecule has 1 aromatic heterocycles. The maximum Gasteiger partial charge on any atom is 0.193 e. The second kappa shape index (κ2) is 8.90. The first-order valence-corrected chi connectivity index (χ1v) is 8.09. The number of nitrogens with zero attached hydrogens (tertiary/aromatic N) is 5.